The maximum Gasteiger partial charge on any atom is 0.169 e. The van der Waals surface area contributed by atoms with Gasteiger partial charge in [0.2, 0.25) is 0 Å². The van der Waals surface area contributed by atoms with Gasteiger partial charge in [-0.3, -0.25) is 0 Å². The molecular formula is C10H10F3N. The summed E-state index contributed by atoms with van der Waals surface area (Å²) in [4.78, 5) is 0. The standard InChI is InChI=1S/C10H10F3N/c1-6(4-5-14)9-7(11)2-3-8(12)10(9)13/h2-3H,1,4-5,14H2. The molecule has 0 unspecified atom stereocenters. The lowest BCUT2D eigenvalue weighted by Crippen LogP contribution is -2.03. The van der Waals surface area contributed by atoms with Crippen LogP contribution in [-0.2, 0) is 0 Å². The van der Waals surface area contributed by atoms with Crippen molar-refractivity contribution in [1.82, 2.24) is 0 Å². The summed E-state index contributed by atoms with van der Waals surface area (Å²) in [5, 5.41) is 0. The second-order valence-corrected chi connectivity index (χ2v) is 2.86. The Labute approximate surface area is 80.0 Å². The molecule has 0 aliphatic carbocycles. The number of hydrogen-bond donors (Lipinski definition) is 1. The molecule has 0 radical (unpaired) electrons. The van der Waals surface area contributed by atoms with Crippen LogP contribution in [0.15, 0.2) is 18.7 Å². The Hall–Kier alpha value is -1.29. The molecule has 4 heteroatoms. The van der Waals surface area contributed by atoms with Crippen LogP contribution in [0.5, 0.6) is 0 Å². The minimum atomic E-state index is -1.21. The zero-order valence-corrected chi connectivity index (χ0v) is 7.49. The molecule has 0 spiro atoms. The number of nitrogens with two attached hydrogens (primary N) is 1. The summed E-state index contributed by atoms with van der Waals surface area (Å²) in [7, 11) is 0. The highest BCUT2D eigenvalue weighted by atomic mass is 19.2. The molecule has 14 heavy (non-hydrogen) atoms. The zero-order chi connectivity index (χ0) is 10.7. The predicted molar refractivity (Wildman–Crippen MR) is 49.0 cm³/mol. The maximum atomic E-state index is 13.1. The molecule has 76 valence electrons. The lowest BCUT2D eigenvalue weighted by atomic mass is 10.0. The van der Waals surface area contributed by atoms with Crippen LogP contribution in [0.3, 0.4) is 0 Å². The van der Waals surface area contributed by atoms with E-state index in [1.165, 1.54) is 0 Å². The van der Waals surface area contributed by atoms with E-state index in [1.807, 2.05) is 0 Å². The fraction of sp³-hybridized carbons (Fsp3) is 0.200. The Balaban J connectivity index is 3.18. The monoisotopic (exact) mass is 201 g/mol. The van der Waals surface area contributed by atoms with Crippen molar-refractivity contribution in [2.75, 3.05) is 6.54 Å². The number of hydrogen-bond acceptors (Lipinski definition) is 1. The first-order chi connectivity index (χ1) is 6.57. The molecule has 0 bridgehead atoms. The van der Waals surface area contributed by atoms with Crippen LogP contribution in [0.4, 0.5) is 13.2 Å². The average Bonchev–Trinajstić information content (AvgIpc) is 2.13. The summed E-state index contributed by atoms with van der Waals surface area (Å²) in [6.07, 6.45) is 0.233. The summed E-state index contributed by atoms with van der Waals surface area (Å²) in [5.74, 6) is -3.11. The molecule has 0 fully saturated rings. The minimum absolute atomic E-state index is 0.169. The first-order valence-electron chi connectivity index (χ1n) is 4.09. The van der Waals surface area contributed by atoms with Gasteiger partial charge in [0.1, 0.15) is 5.82 Å². The number of halogens is 3. The third-order valence-electron chi connectivity index (χ3n) is 1.84. The second-order valence-electron chi connectivity index (χ2n) is 2.86. The van der Waals surface area contributed by atoms with Crippen molar-refractivity contribution in [2.45, 2.75) is 6.42 Å². The SMILES string of the molecule is C=C(CCN)c1c(F)ccc(F)c1F. The summed E-state index contributed by atoms with van der Waals surface area (Å²) in [5.41, 5.74) is 4.97. The minimum Gasteiger partial charge on any atom is -0.330 e. The third-order valence-corrected chi connectivity index (χ3v) is 1.84. The molecule has 1 rings (SSSR count). The molecule has 1 nitrogen and oxygen atoms in total. The number of benzene rings is 1. The van der Waals surface area contributed by atoms with Crippen LogP contribution in [0.2, 0.25) is 0 Å². The van der Waals surface area contributed by atoms with Crippen LogP contribution in [0.1, 0.15) is 12.0 Å². The van der Waals surface area contributed by atoms with Gasteiger partial charge in [0.05, 0.1) is 5.56 Å². The highest BCUT2D eigenvalue weighted by Crippen LogP contribution is 2.24. The molecule has 0 aromatic heterocycles. The van der Waals surface area contributed by atoms with Crippen LogP contribution in [-0.4, -0.2) is 6.54 Å². The maximum absolute atomic E-state index is 13.1. The summed E-state index contributed by atoms with van der Waals surface area (Å²) in [6, 6.07) is 1.61. The van der Waals surface area contributed by atoms with Crippen LogP contribution in [0, 0.1) is 17.5 Å². The van der Waals surface area contributed by atoms with E-state index in [4.69, 9.17) is 5.73 Å². The van der Waals surface area contributed by atoms with Gasteiger partial charge >= 0.3 is 0 Å². The smallest absolute Gasteiger partial charge is 0.169 e. The van der Waals surface area contributed by atoms with E-state index in [1.54, 1.807) is 0 Å². The van der Waals surface area contributed by atoms with Gasteiger partial charge < -0.3 is 5.73 Å². The summed E-state index contributed by atoms with van der Waals surface area (Å²) >= 11 is 0. The second kappa shape index (κ2) is 4.28. The van der Waals surface area contributed by atoms with Gasteiger partial charge in [-0.25, -0.2) is 13.2 Å². The Bertz CT molecular complexity index is 361. The molecule has 0 aliphatic rings. The fourth-order valence-electron chi connectivity index (χ4n) is 1.15. The molecule has 0 atom stereocenters. The summed E-state index contributed by atoms with van der Waals surface area (Å²) in [6.45, 7) is 3.67. The fourth-order valence-corrected chi connectivity index (χ4v) is 1.15. The van der Waals surface area contributed by atoms with Gasteiger partial charge in [0, 0.05) is 0 Å². The van der Waals surface area contributed by atoms with Crippen molar-refractivity contribution in [3.8, 4) is 0 Å². The third kappa shape index (κ3) is 1.96. The largest absolute Gasteiger partial charge is 0.330 e. The summed E-state index contributed by atoms with van der Waals surface area (Å²) < 4.78 is 39.0. The van der Waals surface area contributed by atoms with E-state index in [-0.39, 0.29) is 18.5 Å². The molecule has 0 heterocycles. The Morgan fingerprint density at radius 1 is 1.21 bits per heavy atom. The van der Waals surface area contributed by atoms with E-state index in [0.717, 1.165) is 12.1 Å². The first-order valence-corrected chi connectivity index (χ1v) is 4.09. The van der Waals surface area contributed by atoms with E-state index in [0.29, 0.717) is 0 Å². The van der Waals surface area contributed by atoms with E-state index in [9.17, 15) is 13.2 Å². The molecule has 0 saturated carbocycles. The molecule has 1 aromatic carbocycles. The van der Waals surface area contributed by atoms with Gasteiger partial charge in [-0.1, -0.05) is 6.58 Å². The van der Waals surface area contributed by atoms with Crippen molar-refractivity contribution in [3.63, 3.8) is 0 Å². The number of rotatable bonds is 3. The molecule has 2 N–H and O–H groups in total. The van der Waals surface area contributed by atoms with E-state index in [2.05, 4.69) is 6.58 Å². The van der Waals surface area contributed by atoms with Crippen LogP contribution >= 0.6 is 0 Å². The van der Waals surface area contributed by atoms with Gasteiger partial charge in [0.25, 0.3) is 0 Å². The van der Waals surface area contributed by atoms with Gasteiger partial charge in [-0.15, -0.1) is 0 Å². The van der Waals surface area contributed by atoms with Gasteiger partial charge in [-0.2, -0.15) is 0 Å². The van der Waals surface area contributed by atoms with Crippen molar-refractivity contribution in [2.24, 2.45) is 5.73 Å². The average molecular weight is 201 g/mol. The normalized spacial score (nSPS) is 10.3. The Kier molecular flexibility index (Phi) is 3.30. The topological polar surface area (TPSA) is 26.0 Å². The van der Waals surface area contributed by atoms with Gasteiger partial charge in [0.15, 0.2) is 11.6 Å². The highest BCUT2D eigenvalue weighted by molar-refractivity contribution is 5.64. The Morgan fingerprint density at radius 3 is 2.36 bits per heavy atom. The van der Waals surface area contributed by atoms with Crippen molar-refractivity contribution >= 4 is 5.57 Å². The van der Waals surface area contributed by atoms with Crippen molar-refractivity contribution < 1.29 is 13.2 Å². The van der Waals surface area contributed by atoms with Crippen LogP contribution in [0.25, 0.3) is 5.57 Å². The molecule has 0 aliphatic heterocycles. The van der Waals surface area contributed by atoms with E-state index >= 15 is 0 Å². The van der Waals surface area contributed by atoms with Gasteiger partial charge in [-0.05, 0) is 30.7 Å². The molecular weight excluding hydrogens is 191 g/mol. The van der Waals surface area contributed by atoms with Crippen molar-refractivity contribution in [3.05, 3.63) is 41.7 Å². The molecule has 0 saturated heterocycles. The lowest BCUT2D eigenvalue weighted by molar-refractivity contribution is 0.491. The first kappa shape index (κ1) is 10.8. The zero-order valence-electron chi connectivity index (χ0n) is 7.49. The predicted octanol–water partition coefficient (Wildman–Crippen LogP) is 2.47. The highest BCUT2D eigenvalue weighted by Gasteiger charge is 2.15. The Morgan fingerprint density at radius 2 is 1.79 bits per heavy atom. The quantitative estimate of drug-likeness (QED) is 0.747. The van der Waals surface area contributed by atoms with Crippen molar-refractivity contribution in [1.29, 1.82) is 0 Å². The van der Waals surface area contributed by atoms with E-state index < -0.39 is 23.0 Å². The molecule has 0 amide bonds. The lowest BCUT2D eigenvalue weighted by Gasteiger charge is -2.07. The van der Waals surface area contributed by atoms with Crippen LogP contribution < -0.4 is 5.73 Å². The molecule has 1 aromatic rings.